The number of ether oxygens (including phenoxy) is 1. The molecule has 0 unspecified atom stereocenters. The number of aliphatic imine (C=N–C) groups is 1. The number of rotatable bonds is 8. The fourth-order valence-corrected chi connectivity index (χ4v) is 3.10. The van der Waals surface area contributed by atoms with E-state index in [9.17, 15) is 0 Å². The molecule has 0 spiro atoms. The number of nitrogens with two attached hydrogens (primary N) is 1. The molecule has 1 saturated heterocycles. The summed E-state index contributed by atoms with van der Waals surface area (Å²) < 4.78 is 5.33. The Kier molecular flexibility index (Phi) is 8.67. The molecule has 1 heterocycles. The molecule has 3 N–H and O–H groups in total. The highest BCUT2D eigenvalue weighted by Crippen LogP contribution is 2.21. The maximum absolute atomic E-state index is 6.15. The van der Waals surface area contributed by atoms with Crippen molar-refractivity contribution in [2.24, 2.45) is 10.7 Å². The topological polar surface area (TPSA) is 62.9 Å². The average molecular weight is 373 g/mol. The first-order valence-corrected chi connectivity index (χ1v) is 9.18. The fourth-order valence-electron chi connectivity index (χ4n) is 2.59. The number of halogens is 2. The van der Waals surface area contributed by atoms with Gasteiger partial charge < -0.3 is 15.8 Å². The van der Waals surface area contributed by atoms with Crippen molar-refractivity contribution in [2.75, 3.05) is 45.9 Å². The van der Waals surface area contributed by atoms with Gasteiger partial charge in [-0.1, -0.05) is 29.3 Å². The minimum atomic E-state index is 0.513. The van der Waals surface area contributed by atoms with Crippen molar-refractivity contribution in [3.63, 3.8) is 0 Å². The van der Waals surface area contributed by atoms with Crippen LogP contribution in [0.15, 0.2) is 23.2 Å². The average Bonchev–Trinajstić information content (AvgIpc) is 2.58. The van der Waals surface area contributed by atoms with Gasteiger partial charge in [-0.15, -0.1) is 0 Å². The van der Waals surface area contributed by atoms with Crippen molar-refractivity contribution >= 4 is 29.2 Å². The normalized spacial score (nSPS) is 16.3. The van der Waals surface area contributed by atoms with E-state index >= 15 is 0 Å². The van der Waals surface area contributed by atoms with Gasteiger partial charge in [-0.25, -0.2) is 0 Å². The van der Waals surface area contributed by atoms with Crippen molar-refractivity contribution in [3.8, 4) is 0 Å². The molecular weight excluding hydrogens is 347 g/mol. The largest absolute Gasteiger partial charge is 0.379 e. The zero-order valence-electron chi connectivity index (χ0n) is 13.9. The summed E-state index contributed by atoms with van der Waals surface area (Å²) in [6.45, 7) is 6.33. The minimum absolute atomic E-state index is 0.513. The van der Waals surface area contributed by atoms with Gasteiger partial charge in [-0.3, -0.25) is 9.89 Å². The molecule has 7 heteroatoms. The Morgan fingerprint density at radius 3 is 2.79 bits per heavy atom. The second-order valence-electron chi connectivity index (χ2n) is 5.84. The maximum atomic E-state index is 6.15. The SMILES string of the molecule is NC(=NCCCc1ccc(Cl)cc1Cl)NCCCN1CCOCC1. The van der Waals surface area contributed by atoms with Gasteiger partial charge in [-0.2, -0.15) is 0 Å². The van der Waals surface area contributed by atoms with Crippen molar-refractivity contribution in [1.29, 1.82) is 0 Å². The summed E-state index contributed by atoms with van der Waals surface area (Å²) in [5, 5.41) is 4.53. The van der Waals surface area contributed by atoms with Gasteiger partial charge in [0.1, 0.15) is 0 Å². The van der Waals surface area contributed by atoms with Crippen molar-refractivity contribution in [2.45, 2.75) is 19.3 Å². The third kappa shape index (κ3) is 7.26. The third-order valence-corrected chi connectivity index (χ3v) is 4.55. The maximum Gasteiger partial charge on any atom is 0.188 e. The van der Waals surface area contributed by atoms with Crippen LogP contribution in [0.25, 0.3) is 0 Å². The molecule has 24 heavy (non-hydrogen) atoms. The molecule has 1 aromatic carbocycles. The molecule has 0 saturated carbocycles. The Labute approximate surface area is 154 Å². The van der Waals surface area contributed by atoms with E-state index < -0.39 is 0 Å². The molecule has 1 aliphatic rings. The van der Waals surface area contributed by atoms with Crippen molar-refractivity contribution in [3.05, 3.63) is 33.8 Å². The number of hydrogen-bond acceptors (Lipinski definition) is 3. The van der Waals surface area contributed by atoms with E-state index in [1.54, 1.807) is 6.07 Å². The van der Waals surface area contributed by atoms with Gasteiger partial charge in [0.05, 0.1) is 13.2 Å². The Bertz CT molecular complexity index is 533. The Hall–Kier alpha value is -1.01. The quantitative estimate of drug-likeness (QED) is 0.418. The van der Waals surface area contributed by atoms with E-state index in [0.29, 0.717) is 22.5 Å². The Morgan fingerprint density at radius 1 is 1.25 bits per heavy atom. The first-order valence-electron chi connectivity index (χ1n) is 8.43. The van der Waals surface area contributed by atoms with E-state index in [1.807, 2.05) is 12.1 Å². The zero-order valence-corrected chi connectivity index (χ0v) is 15.5. The monoisotopic (exact) mass is 372 g/mol. The molecule has 0 aliphatic carbocycles. The van der Waals surface area contributed by atoms with E-state index in [0.717, 1.165) is 64.2 Å². The predicted molar refractivity (Wildman–Crippen MR) is 101 cm³/mol. The van der Waals surface area contributed by atoms with Crippen LogP contribution in [0.2, 0.25) is 10.0 Å². The van der Waals surface area contributed by atoms with Crippen LogP contribution in [0.5, 0.6) is 0 Å². The lowest BCUT2D eigenvalue weighted by molar-refractivity contribution is 0.0376. The van der Waals surface area contributed by atoms with Gasteiger partial charge in [0.2, 0.25) is 0 Å². The summed E-state index contributed by atoms with van der Waals surface area (Å²) in [7, 11) is 0. The van der Waals surface area contributed by atoms with Gasteiger partial charge in [-0.05, 0) is 43.5 Å². The number of aryl methyl sites for hydroxylation is 1. The molecule has 0 atom stereocenters. The van der Waals surface area contributed by atoms with E-state index in [-0.39, 0.29) is 0 Å². The number of nitrogens with one attached hydrogen (secondary N) is 1. The first kappa shape index (κ1) is 19.3. The van der Waals surface area contributed by atoms with Crippen LogP contribution in [0.3, 0.4) is 0 Å². The number of nitrogens with zero attached hydrogens (tertiary/aromatic N) is 2. The van der Waals surface area contributed by atoms with Crippen molar-refractivity contribution < 1.29 is 4.74 Å². The smallest absolute Gasteiger partial charge is 0.188 e. The summed E-state index contributed by atoms with van der Waals surface area (Å²) in [6, 6.07) is 5.59. The van der Waals surface area contributed by atoms with Crippen LogP contribution >= 0.6 is 23.2 Å². The molecular formula is C17H26Cl2N4O. The molecule has 0 aromatic heterocycles. The summed E-state index contributed by atoms with van der Waals surface area (Å²) in [6.07, 6.45) is 2.82. The number of morpholine rings is 1. The zero-order chi connectivity index (χ0) is 17.2. The number of guanidine groups is 1. The molecule has 1 fully saturated rings. The lowest BCUT2D eigenvalue weighted by Gasteiger charge is -2.26. The molecule has 1 aliphatic heterocycles. The van der Waals surface area contributed by atoms with Crippen molar-refractivity contribution in [1.82, 2.24) is 10.2 Å². The highest BCUT2D eigenvalue weighted by Gasteiger charge is 2.09. The molecule has 1 aromatic rings. The Balaban J connectivity index is 1.56. The van der Waals surface area contributed by atoms with Crippen LogP contribution in [0, 0.1) is 0 Å². The van der Waals surface area contributed by atoms with E-state index in [1.165, 1.54) is 0 Å². The summed E-state index contributed by atoms with van der Waals surface area (Å²) in [4.78, 5) is 6.76. The second-order valence-corrected chi connectivity index (χ2v) is 6.68. The Morgan fingerprint density at radius 2 is 2.04 bits per heavy atom. The summed E-state index contributed by atoms with van der Waals surface area (Å²) >= 11 is 12.0. The molecule has 5 nitrogen and oxygen atoms in total. The molecule has 134 valence electrons. The van der Waals surface area contributed by atoms with Gasteiger partial charge in [0.15, 0.2) is 5.96 Å². The highest BCUT2D eigenvalue weighted by atomic mass is 35.5. The van der Waals surface area contributed by atoms with Gasteiger partial charge in [0, 0.05) is 36.2 Å². The lowest BCUT2D eigenvalue weighted by Crippen LogP contribution is -2.39. The second kappa shape index (κ2) is 10.8. The van der Waals surface area contributed by atoms with Crippen LogP contribution < -0.4 is 11.1 Å². The number of hydrogen-bond donors (Lipinski definition) is 2. The number of benzene rings is 1. The first-order chi connectivity index (χ1) is 11.6. The van der Waals surface area contributed by atoms with E-state index in [2.05, 4.69) is 15.2 Å². The third-order valence-electron chi connectivity index (χ3n) is 3.96. The minimum Gasteiger partial charge on any atom is -0.379 e. The van der Waals surface area contributed by atoms with Crippen LogP contribution in [-0.4, -0.2) is 56.8 Å². The lowest BCUT2D eigenvalue weighted by atomic mass is 10.1. The summed E-state index contributed by atoms with van der Waals surface area (Å²) in [5.74, 6) is 0.513. The standard InChI is InChI=1S/C17H26Cl2N4O/c18-15-5-4-14(16(19)13-15)3-1-6-21-17(20)22-7-2-8-23-9-11-24-12-10-23/h4-5,13H,1-3,6-12H2,(H3,20,21,22). The fraction of sp³-hybridized carbons (Fsp3) is 0.588. The molecule has 2 rings (SSSR count). The molecule has 0 amide bonds. The molecule has 0 radical (unpaired) electrons. The van der Waals surface area contributed by atoms with Crippen LogP contribution in [0.4, 0.5) is 0 Å². The highest BCUT2D eigenvalue weighted by molar-refractivity contribution is 6.35. The predicted octanol–water partition coefficient (Wildman–Crippen LogP) is 2.55. The van der Waals surface area contributed by atoms with Gasteiger partial charge >= 0.3 is 0 Å². The van der Waals surface area contributed by atoms with Crippen LogP contribution in [0.1, 0.15) is 18.4 Å². The molecule has 0 bridgehead atoms. The van der Waals surface area contributed by atoms with Crippen LogP contribution in [-0.2, 0) is 11.2 Å². The van der Waals surface area contributed by atoms with Gasteiger partial charge in [0.25, 0.3) is 0 Å². The van der Waals surface area contributed by atoms with E-state index in [4.69, 9.17) is 33.7 Å². The summed E-state index contributed by atoms with van der Waals surface area (Å²) in [5.41, 5.74) is 6.97.